The Labute approximate surface area is 147 Å². The van der Waals surface area contributed by atoms with Gasteiger partial charge >= 0.3 is 0 Å². The molecule has 0 atom stereocenters. The highest BCUT2D eigenvalue weighted by molar-refractivity contribution is 7.82. The van der Waals surface area contributed by atoms with Crippen molar-refractivity contribution in [2.75, 3.05) is 0 Å². The first-order chi connectivity index (χ1) is 11.4. The van der Waals surface area contributed by atoms with Gasteiger partial charge in [0.25, 0.3) is 0 Å². The van der Waals surface area contributed by atoms with Crippen molar-refractivity contribution >= 4 is 18.5 Å². The van der Waals surface area contributed by atoms with Gasteiger partial charge in [0, 0.05) is 11.1 Å². The summed E-state index contributed by atoms with van der Waals surface area (Å²) in [6, 6.07) is 20.1. The van der Waals surface area contributed by atoms with E-state index in [9.17, 15) is 4.79 Å². The summed E-state index contributed by atoms with van der Waals surface area (Å²) < 4.78 is 4.83. The lowest BCUT2D eigenvalue weighted by Crippen LogP contribution is -2.32. The number of hydrogen-bond acceptors (Lipinski definition) is 4. The molecule has 1 aromatic heterocycles. The lowest BCUT2D eigenvalue weighted by molar-refractivity contribution is -0.119. The van der Waals surface area contributed by atoms with Gasteiger partial charge in [0.2, 0.25) is 5.91 Å². The molecule has 2 N–H and O–H groups in total. The van der Waals surface area contributed by atoms with Crippen LogP contribution in [0.3, 0.4) is 0 Å². The van der Waals surface area contributed by atoms with Crippen LogP contribution in [0.15, 0.2) is 71.5 Å². The molecule has 1 amide bonds. The third-order valence-electron chi connectivity index (χ3n) is 3.25. The van der Waals surface area contributed by atoms with E-state index in [1.165, 1.54) is 6.39 Å². The van der Waals surface area contributed by atoms with Gasteiger partial charge < -0.3 is 10.2 Å². The molecule has 0 aliphatic rings. The molecule has 0 fully saturated rings. The monoisotopic (exact) mass is 340 g/mol. The standard InChI is InChI=1S/C15H11NO.C4H9NOS/c1-3-7-12(8-4-1)14-15(17-11-16-14)13-9-5-2-6-10-13;1-4(2,7)3(5)6/h1-11H;7H,1-2H3,(H2,5,6). The number of hydrogen-bond donors (Lipinski definition) is 2. The first kappa shape index (κ1) is 17.8. The van der Waals surface area contributed by atoms with Crippen molar-refractivity contribution < 1.29 is 9.21 Å². The predicted molar refractivity (Wildman–Crippen MR) is 99.6 cm³/mol. The normalized spacial score (nSPS) is 10.6. The van der Waals surface area contributed by atoms with E-state index in [4.69, 9.17) is 10.2 Å². The molecule has 0 bridgehead atoms. The summed E-state index contributed by atoms with van der Waals surface area (Å²) >= 11 is 3.88. The van der Waals surface area contributed by atoms with E-state index in [1.54, 1.807) is 13.8 Å². The lowest BCUT2D eigenvalue weighted by atomic mass is 10.1. The molecule has 5 heteroatoms. The highest BCUT2D eigenvalue weighted by Gasteiger charge is 2.17. The Morgan fingerprint density at radius 1 is 1.00 bits per heavy atom. The molecule has 0 radical (unpaired) electrons. The second kappa shape index (κ2) is 7.84. The largest absolute Gasteiger partial charge is 0.443 e. The molecule has 24 heavy (non-hydrogen) atoms. The second-order valence-electron chi connectivity index (χ2n) is 5.69. The van der Waals surface area contributed by atoms with Gasteiger partial charge in [-0.1, -0.05) is 60.7 Å². The van der Waals surface area contributed by atoms with Crippen LogP contribution in [0.2, 0.25) is 0 Å². The van der Waals surface area contributed by atoms with E-state index in [-0.39, 0.29) is 0 Å². The molecule has 0 saturated carbocycles. The Balaban J connectivity index is 0.000000256. The first-order valence-corrected chi connectivity index (χ1v) is 7.91. The number of rotatable bonds is 3. The second-order valence-corrected chi connectivity index (χ2v) is 6.80. The molecule has 4 nitrogen and oxygen atoms in total. The zero-order valence-electron chi connectivity index (χ0n) is 13.6. The zero-order valence-corrected chi connectivity index (χ0v) is 14.5. The van der Waals surface area contributed by atoms with E-state index in [0.29, 0.717) is 0 Å². The molecule has 0 aliphatic heterocycles. The minimum atomic E-state index is -0.667. The van der Waals surface area contributed by atoms with Gasteiger partial charge in [-0.2, -0.15) is 12.6 Å². The van der Waals surface area contributed by atoms with Crippen molar-refractivity contribution in [3.05, 3.63) is 67.1 Å². The van der Waals surface area contributed by atoms with Gasteiger partial charge in [0.05, 0.1) is 4.75 Å². The SMILES string of the molecule is CC(C)(S)C(N)=O.c1ccc(-c2ncoc2-c2ccccc2)cc1. The maximum atomic E-state index is 10.2. The summed E-state index contributed by atoms with van der Waals surface area (Å²) in [6.45, 7) is 3.30. The van der Waals surface area contributed by atoms with Crippen LogP contribution in [0.25, 0.3) is 22.6 Å². The molecule has 2 aromatic carbocycles. The van der Waals surface area contributed by atoms with E-state index in [1.807, 2.05) is 60.7 Å². The fraction of sp³-hybridized carbons (Fsp3) is 0.158. The smallest absolute Gasteiger partial charge is 0.232 e. The van der Waals surface area contributed by atoms with Crippen LogP contribution in [0.1, 0.15) is 13.8 Å². The highest BCUT2D eigenvalue weighted by atomic mass is 32.1. The third kappa shape index (κ3) is 4.73. The van der Waals surface area contributed by atoms with Crippen molar-refractivity contribution in [2.45, 2.75) is 18.6 Å². The predicted octanol–water partition coefficient (Wildman–Crippen LogP) is 4.19. The number of carbonyl (C=O) groups excluding carboxylic acids is 1. The van der Waals surface area contributed by atoms with Crippen LogP contribution >= 0.6 is 12.6 Å². The van der Waals surface area contributed by atoms with Crippen molar-refractivity contribution in [1.29, 1.82) is 0 Å². The van der Waals surface area contributed by atoms with E-state index in [2.05, 4.69) is 17.6 Å². The molecule has 0 spiro atoms. The number of primary amides is 1. The van der Waals surface area contributed by atoms with Crippen LogP contribution in [0.4, 0.5) is 0 Å². The summed E-state index contributed by atoms with van der Waals surface area (Å²) in [6.07, 6.45) is 1.49. The minimum Gasteiger partial charge on any atom is -0.443 e. The van der Waals surface area contributed by atoms with E-state index < -0.39 is 10.7 Å². The Morgan fingerprint density at radius 2 is 1.46 bits per heavy atom. The summed E-state index contributed by atoms with van der Waals surface area (Å²) in [5.74, 6) is 0.424. The quantitative estimate of drug-likeness (QED) is 0.703. The summed E-state index contributed by atoms with van der Waals surface area (Å²) in [5, 5.41) is 0. The number of amides is 1. The molecule has 124 valence electrons. The number of benzene rings is 2. The summed E-state index contributed by atoms with van der Waals surface area (Å²) in [4.78, 5) is 14.5. The Morgan fingerprint density at radius 3 is 1.92 bits per heavy atom. The van der Waals surface area contributed by atoms with Crippen molar-refractivity contribution in [2.24, 2.45) is 5.73 Å². The molecule has 3 rings (SSSR count). The highest BCUT2D eigenvalue weighted by Crippen LogP contribution is 2.30. The van der Waals surface area contributed by atoms with Gasteiger partial charge in [-0.05, 0) is 13.8 Å². The van der Waals surface area contributed by atoms with E-state index in [0.717, 1.165) is 22.6 Å². The first-order valence-electron chi connectivity index (χ1n) is 7.46. The van der Waals surface area contributed by atoms with Crippen molar-refractivity contribution in [1.82, 2.24) is 4.98 Å². The molecular formula is C19H20N2O2S. The van der Waals surface area contributed by atoms with Gasteiger partial charge in [-0.25, -0.2) is 4.98 Å². The molecule has 3 aromatic rings. The van der Waals surface area contributed by atoms with Crippen LogP contribution in [0, 0.1) is 0 Å². The van der Waals surface area contributed by atoms with Crippen molar-refractivity contribution in [3.8, 4) is 22.6 Å². The number of thiol groups is 1. The molecule has 0 aliphatic carbocycles. The number of aromatic nitrogens is 1. The summed E-state index contributed by atoms with van der Waals surface area (Å²) in [7, 11) is 0. The van der Waals surface area contributed by atoms with Gasteiger partial charge in [0.1, 0.15) is 5.69 Å². The molecule has 0 unspecified atom stereocenters. The third-order valence-corrected chi connectivity index (χ3v) is 3.47. The minimum absolute atomic E-state index is 0.393. The number of nitrogens with two attached hydrogens (primary N) is 1. The Kier molecular flexibility index (Phi) is 5.82. The maximum Gasteiger partial charge on any atom is 0.232 e. The average molecular weight is 340 g/mol. The van der Waals surface area contributed by atoms with Gasteiger partial charge in [-0.3, -0.25) is 4.79 Å². The fourth-order valence-corrected chi connectivity index (χ4v) is 1.84. The Hall–Kier alpha value is -2.53. The molecular weight excluding hydrogens is 320 g/mol. The average Bonchev–Trinajstić information content (AvgIpc) is 3.06. The van der Waals surface area contributed by atoms with Crippen LogP contribution in [0.5, 0.6) is 0 Å². The number of oxazole rings is 1. The Bertz CT molecular complexity index is 724. The summed E-state index contributed by atoms with van der Waals surface area (Å²) in [5.41, 5.74) is 7.85. The maximum absolute atomic E-state index is 10.2. The number of nitrogens with zero attached hydrogens (tertiary/aromatic N) is 1. The van der Waals surface area contributed by atoms with Crippen molar-refractivity contribution in [3.63, 3.8) is 0 Å². The van der Waals surface area contributed by atoms with Gasteiger partial charge in [-0.15, -0.1) is 0 Å². The van der Waals surface area contributed by atoms with Gasteiger partial charge in [0.15, 0.2) is 12.2 Å². The zero-order chi connectivity index (χ0) is 17.6. The molecule has 0 saturated heterocycles. The van der Waals surface area contributed by atoms with Crippen LogP contribution in [-0.2, 0) is 4.79 Å². The van der Waals surface area contributed by atoms with E-state index >= 15 is 0 Å². The molecule has 1 heterocycles. The number of carbonyl (C=O) groups is 1. The topological polar surface area (TPSA) is 69.1 Å². The lowest BCUT2D eigenvalue weighted by Gasteiger charge is -2.09. The van der Waals surface area contributed by atoms with Crippen LogP contribution < -0.4 is 5.73 Å². The fourth-order valence-electron chi connectivity index (χ4n) is 1.84. The van der Waals surface area contributed by atoms with Crippen LogP contribution in [-0.4, -0.2) is 15.6 Å².